The molecule has 2 fully saturated rings. The molecule has 3 amide bonds. The summed E-state index contributed by atoms with van der Waals surface area (Å²) >= 11 is 12.4. The third kappa shape index (κ3) is 4.33. The van der Waals surface area contributed by atoms with Crippen LogP contribution in [0.3, 0.4) is 0 Å². The molecule has 3 heterocycles. The molecule has 0 spiro atoms. The summed E-state index contributed by atoms with van der Waals surface area (Å²) in [5.74, 6) is 0.685. The van der Waals surface area contributed by atoms with Crippen molar-refractivity contribution < 1.29 is 14.3 Å². The van der Waals surface area contributed by atoms with Gasteiger partial charge in [-0.15, -0.1) is 0 Å². The third-order valence-electron chi connectivity index (χ3n) is 7.68. The maximum absolute atomic E-state index is 13.3. The Morgan fingerprint density at radius 1 is 0.974 bits per heavy atom. The minimum absolute atomic E-state index is 0.0203. The number of aryl methyl sites for hydroxylation is 1. The van der Waals surface area contributed by atoms with Crippen LogP contribution in [-0.4, -0.2) is 48.7 Å². The van der Waals surface area contributed by atoms with Crippen molar-refractivity contribution in [2.24, 2.45) is 0 Å². The largest absolute Gasteiger partial charge is 0.467 e. The smallest absolute Gasteiger partial charge is 0.325 e. The normalized spacial score (nSPS) is 22.5. The molecule has 3 aromatic carbocycles. The molecule has 3 aromatic rings. The zero-order chi connectivity index (χ0) is 26.6. The van der Waals surface area contributed by atoms with Crippen molar-refractivity contribution in [1.82, 2.24) is 10.2 Å². The van der Waals surface area contributed by atoms with Crippen LogP contribution >= 0.6 is 23.2 Å². The van der Waals surface area contributed by atoms with Crippen molar-refractivity contribution in [2.45, 2.75) is 32.0 Å². The fourth-order valence-corrected chi connectivity index (χ4v) is 6.09. The van der Waals surface area contributed by atoms with Crippen molar-refractivity contribution in [1.29, 1.82) is 0 Å². The molecule has 7 nitrogen and oxygen atoms in total. The Bertz CT molecular complexity index is 1420. The standard InChI is InChI=1S/C29H28Cl2N4O3/c1-18-3-6-21(31)16-25(18)33-11-13-34(14-12-33)27(36)19-4-8-22(9-5-19)35-28(37)32-24-17-29(35,2)38-26-10-7-20(30)15-23(24)26/h3-10,15-16,24H,11-14,17H2,1-2H3,(H,32,37)/t24-,29+/m0/s1. The summed E-state index contributed by atoms with van der Waals surface area (Å²) in [4.78, 5) is 32.2. The summed E-state index contributed by atoms with van der Waals surface area (Å²) < 4.78 is 6.34. The van der Waals surface area contributed by atoms with Gasteiger partial charge in [-0.2, -0.15) is 0 Å². The van der Waals surface area contributed by atoms with Crippen LogP contribution in [0.25, 0.3) is 0 Å². The van der Waals surface area contributed by atoms with E-state index in [-0.39, 0.29) is 18.0 Å². The molecule has 0 unspecified atom stereocenters. The van der Waals surface area contributed by atoms with Gasteiger partial charge >= 0.3 is 6.03 Å². The van der Waals surface area contributed by atoms with Gasteiger partial charge in [-0.1, -0.05) is 29.3 Å². The maximum atomic E-state index is 13.3. The maximum Gasteiger partial charge on any atom is 0.325 e. The average Bonchev–Trinajstić information content (AvgIpc) is 2.90. The van der Waals surface area contributed by atoms with Crippen molar-refractivity contribution >= 4 is 46.5 Å². The summed E-state index contributed by atoms with van der Waals surface area (Å²) in [5, 5.41) is 4.40. The minimum Gasteiger partial charge on any atom is -0.467 e. The number of hydrogen-bond donors (Lipinski definition) is 1. The van der Waals surface area contributed by atoms with Crippen molar-refractivity contribution in [3.8, 4) is 5.75 Å². The third-order valence-corrected chi connectivity index (χ3v) is 8.16. The first-order valence-electron chi connectivity index (χ1n) is 12.7. The van der Waals surface area contributed by atoms with E-state index in [9.17, 15) is 9.59 Å². The zero-order valence-corrected chi connectivity index (χ0v) is 22.7. The Kier molecular flexibility index (Phi) is 6.16. The Labute approximate surface area is 231 Å². The van der Waals surface area contributed by atoms with Crippen LogP contribution in [0.1, 0.15) is 40.9 Å². The first kappa shape index (κ1) is 24.9. The molecule has 3 aliphatic rings. The van der Waals surface area contributed by atoms with Gasteiger partial charge in [-0.05, 0) is 74.0 Å². The number of amides is 3. The highest BCUT2D eigenvalue weighted by Crippen LogP contribution is 2.46. The Morgan fingerprint density at radius 3 is 2.39 bits per heavy atom. The number of nitrogens with one attached hydrogen (secondary N) is 1. The Balaban J connectivity index is 1.16. The van der Waals surface area contributed by atoms with Gasteiger partial charge in [0.15, 0.2) is 5.72 Å². The van der Waals surface area contributed by atoms with Gasteiger partial charge in [0.2, 0.25) is 0 Å². The lowest BCUT2D eigenvalue weighted by Crippen LogP contribution is -2.65. The van der Waals surface area contributed by atoms with Gasteiger partial charge in [0.25, 0.3) is 5.91 Å². The second-order valence-electron chi connectivity index (χ2n) is 10.3. The topological polar surface area (TPSA) is 65.1 Å². The number of rotatable bonds is 3. The highest BCUT2D eigenvalue weighted by atomic mass is 35.5. The Hall–Kier alpha value is -3.42. The van der Waals surface area contributed by atoms with E-state index in [1.165, 1.54) is 5.56 Å². The average molecular weight is 551 g/mol. The minimum atomic E-state index is -0.867. The molecule has 0 saturated carbocycles. The molecule has 0 radical (unpaired) electrons. The number of ether oxygens (including phenoxy) is 1. The van der Waals surface area contributed by atoms with E-state index in [2.05, 4.69) is 17.1 Å². The lowest BCUT2D eigenvalue weighted by molar-refractivity contribution is 0.0379. The van der Waals surface area contributed by atoms with Crippen LogP contribution in [0.4, 0.5) is 16.2 Å². The number of benzene rings is 3. The van der Waals surface area contributed by atoms with E-state index in [0.29, 0.717) is 46.6 Å². The van der Waals surface area contributed by atoms with E-state index < -0.39 is 5.72 Å². The number of fused-ring (bicyclic) bond motifs is 4. The first-order chi connectivity index (χ1) is 18.2. The summed E-state index contributed by atoms with van der Waals surface area (Å²) in [6, 6.07) is 18.1. The molecule has 0 aliphatic carbocycles. The second-order valence-corrected chi connectivity index (χ2v) is 11.1. The van der Waals surface area contributed by atoms with E-state index in [1.807, 2.05) is 54.3 Å². The number of carbonyl (C=O) groups is 2. The summed E-state index contributed by atoms with van der Waals surface area (Å²) in [6.45, 7) is 6.71. The van der Waals surface area contributed by atoms with Crippen LogP contribution in [0.2, 0.25) is 10.0 Å². The molecular formula is C29H28Cl2N4O3. The highest BCUT2D eigenvalue weighted by molar-refractivity contribution is 6.31. The van der Waals surface area contributed by atoms with Crippen LogP contribution in [0.5, 0.6) is 5.75 Å². The van der Waals surface area contributed by atoms with E-state index >= 15 is 0 Å². The van der Waals surface area contributed by atoms with Gasteiger partial charge < -0.3 is 19.9 Å². The van der Waals surface area contributed by atoms with Gasteiger partial charge in [-0.25, -0.2) is 4.79 Å². The van der Waals surface area contributed by atoms with Crippen LogP contribution in [0.15, 0.2) is 60.7 Å². The van der Waals surface area contributed by atoms with Crippen LogP contribution in [0, 0.1) is 6.92 Å². The molecule has 0 aromatic heterocycles. The molecule has 3 aliphatic heterocycles. The first-order valence-corrected chi connectivity index (χ1v) is 13.5. The fourth-order valence-electron chi connectivity index (χ4n) is 5.75. The fraction of sp³-hybridized carbons (Fsp3) is 0.310. The summed E-state index contributed by atoms with van der Waals surface area (Å²) in [6.07, 6.45) is 0.573. The van der Waals surface area contributed by atoms with Gasteiger partial charge in [0.1, 0.15) is 5.75 Å². The number of anilines is 2. The van der Waals surface area contributed by atoms with Crippen molar-refractivity contribution in [3.63, 3.8) is 0 Å². The quantitative estimate of drug-likeness (QED) is 0.432. The highest BCUT2D eigenvalue weighted by Gasteiger charge is 2.49. The van der Waals surface area contributed by atoms with E-state index in [1.54, 1.807) is 23.1 Å². The lowest BCUT2D eigenvalue weighted by Gasteiger charge is -2.50. The Morgan fingerprint density at radius 2 is 1.66 bits per heavy atom. The molecule has 196 valence electrons. The number of urea groups is 1. The van der Waals surface area contributed by atoms with Gasteiger partial charge in [-0.3, -0.25) is 9.69 Å². The number of halogens is 2. The SMILES string of the molecule is Cc1ccc(Cl)cc1N1CCN(C(=O)c2ccc(N3C(=O)N[C@H]4C[C@@]3(C)Oc3ccc(Cl)cc34)cc2)CC1. The predicted octanol–water partition coefficient (Wildman–Crippen LogP) is 6.03. The molecule has 2 bridgehead atoms. The zero-order valence-electron chi connectivity index (χ0n) is 21.2. The monoisotopic (exact) mass is 550 g/mol. The van der Waals surface area contributed by atoms with Crippen molar-refractivity contribution in [2.75, 3.05) is 36.0 Å². The summed E-state index contributed by atoms with van der Waals surface area (Å²) in [5.41, 5.74) is 3.55. The molecule has 1 N–H and O–H groups in total. The second kappa shape index (κ2) is 9.40. The predicted molar refractivity (Wildman–Crippen MR) is 150 cm³/mol. The number of nitrogens with zero attached hydrogens (tertiary/aromatic N) is 3. The molecular weight excluding hydrogens is 523 g/mol. The van der Waals surface area contributed by atoms with Crippen molar-refractivity contribution in [3.05, 3.63) is 87.4 Å². The molecule has 9 heteroatoms. The van der Waals surface area contributed by atoms with Crippen LogP contribution in [-0.2, 0) is 0 Å². The lowest BCUT2D eigenvalue weighted by atomic mass is 9.90. The molecule has 2 saturated heterocycles. The van der Waals surface area contributed by atoms with Crippen LogP contribution < -0.4 is 19.9 Å². The number of hydrogen-bond acceptors (Lipinski definition) is 4. The molecule has 6 rings (SSSR count). The van der Waals surface area contributed by atoms with Gasteiger partial charge in [0, 0.05) is 65.1 Å². The van der Waals surface area contributed by atoms with E-state index in [4.69, 9.17) is 27.9 Å². The van der Waals surface area contributed by atoms with Gasteiger partial charge in [0.05, 0.1) is 6.04 Å². The number of carbonyl (C=O) groups excluding carboxylic acids is 2. The molecule has 2 atom stereocenters. The van der Waals surface area contributed by atoms with E-state index in [0.717, 1.165) is 24.3 Å². The molecule has 38 heavy (non-hydrogen) atoms. The summed E-state index contributed by atoms with van der Waals surface area (Å²) in [7, 11) is 0. The number of piperazine rings is 1.